The molecular formula is C11H7NO5. The molecule has 0 aliphatic carbocycles. The van der Waals surface area contributed by atoms with E-state index >= 15 is 0 Å². The van der Waals surface area contributed by atoms with Crippen molar-refractivity contribution in [2.75, 3.05) is 0 Å². The molecule has 17 heavy (non-hydrogen) atoms. The Kier molecular flexibility index (Phi) is 2.87. The summed E-state index contributed by atoms with van der Waals surface area (Å²) in [6.07, 6.45) is 0.845. The van der Waals surface area contributed by atoms with Crippen LogP contribution in [-0.2, 0) is 14.4 Å². The molecule has 0 bridgehead atoms. The zero-order valence-electron chi connectivity index (χ0n) is 8.53. The lowest BCUT2D eigenvalue weighted by molar-refractivity contribution is -0.172. The fraction of sp³-hybridized carbons (Fsp3) is 0. The van der Waals surface area contributed by atoms with Crippen LogP contribution in [0.1, 0.15) is 0 Å². The molecule has 0 spiro atoms. The van der Waals surface area contributed by atoms with Crippen molar-refractivity contribution in [1.29, 1.82) is 0 Å². The summed E-state index contributed by atoms with van der Waals surface area (Å²) in [7, 11) is 0. The molecule has 0 unspecified atom stereocenters. The minimum atomic E-state index is -1.15. The normalized spacial score (nSPS) is 14.0. The minimum absolute atomic E-state index is 0.254. The number of nitrogens with zero attached hydrogens (tertiary/aromatic N) is 1. The van der Waals surface area contributed by atoms with Crippen LogP contribution in [0.3, 0.4) is 0 Å². The maximum atomic E-state index is 11.2. The summed E-state index contributed by atoms with van der Waals surface area (Å²) in [6.45, 7) is 0. The first-order valence-corrected chi connectivity index (χ1v) is 4.68. The zero-order valence-corrected chi connectivity index (χ0v) is 8.53. The van der Waals surface area contributed by atoms with Gasteiger partial charge in [0.15, 0.2) is 0 Å². The molecule has 6 nitrogen and oxygen atoms in total. The fourth-order valence-corrected chi connectivity index (χ4v) is 1.15. The van der Waals surface area contributed by atoms with Gasteiger partial charge < -0.3 is 4.74 Å². The second kappa shape index (κ2) is 4.48. The van der Waals surface area contributed by atoms with Crippen LogP contribution < -0.4 is 4.74 Å². The van der Waals surface area contributed by atoms with Gasteiger partial charge in [0, 0.05) is 12.2 Å². The highest BCUT2D eigenvalue weighted by molar-refractivity contribution is 6.12. The number of carbonyl (C=O) groups is 3. The van der Waals surface area contributed by atoms with Crippen LogP contribution in [0.15, 0.2) is 42.5 Å². The third-order valence-corrected chi connectivity index (χ3v) is 1.88. The summed E-state index contributed by atoms with van der Waals surface area (Å²) in [4.78, 5) is 37.8. The maximum Gasteiger partial charge on any atom is 0.539 e. The van der Waals surface area contributed by atoms with Gasteiger partial charge >= 0.3 is 6.16 Å². The summed E-state index contributed by atoms with van der Waals surface area (Å²) in [5, 5.41) is 0.325. The Morgan fingerprint density at radius 1 is 1.00 bits per heavy atom. The molecule has 1 aliphatic heterocycles. The Labute approximate surface area is 96.0 Å². The zero-order chi connectivity index (χ0) is 12.3. The molecule has 0 saturated carbocycles. The van der Waals surface area contributed by atoms with Gasteiger partial charge in [-0.2, -0.15) is 0 Å². The van der Waals surface area contributed by atoms with E-state index in [2.05, 4.69) is 4.84 Å². The van der Waals surface area contributed by atoms with Gasteiger partial charge in [-0.15, -0.1) is 0 Å². The number of carbonyl (C=O) groups excluding carboxylic acids is 3. The van der Waals surface area contributed by atoms with Crippen molar-refractivity contribution in [3.8, 4) is 5.75 Å². The van der Waals surface area contributed by atoms with Crippen molar-refractivity contribution in [1.82, 2.24) is 5.06 Å². The number of rotatable bonds is 2. The maximum absolute atomic E-state index is 11.2. The van der Waals surface area contributed by atoms with E-state index in [1.807, 2.05) is 0 Å². The molecule has 2 rings (SSSR count). The van der Waals surface area contributed by atoms with Gasteiger partial charge in [0.2, 0.25) is 0 Å². The van der Waals surface area contributed by atoms with E-state index in [4.69, 9.17) is 4.74 Å². The average Bonchev–Trinajstić information content (AvgIpc) is 2.62. The molecule has 2 amide bonds. The predicted octanol–water partition coefficient (Wildman–Crippen LogP) is 1.04. The lowest BCUT2D eigenvalue weighted by atomic mass is 10.3. The van der Waals surface area contributed by atoms with Crippen molar-refractivity contribution < 1.29 is 24.0 Å². The molecule has 0 aromatic heterocycles. The van der Waals surface area contributed by atoms with Gasteiger partial charge in [-0.1, -0.05) is 23.3 Å². The summed E-state index contributed by atoms with van der Waals surface area (Å²) in [5.41, 5.74) is 0. The number of amides is 2. The molecule has 86 valence electrons. The van der Waals surface area contributed by atoms with Gasteiger partial charge in [0.05, 0.1) is 0 Å². The van der Waals surface area contributed by atoms with Crippen LogP contribution in [0.5, 0.6) is 5.75 Å². The van der Waals surface area contributed by atoms with E-state index in [0.717, 1.165) is 12.2 Å². The van der Waals surface area contributed by atoms with Crippen molar-refractivity contribution in [2.24, 2.45) is 0 Å². The van der Waals surface area contributed by atoms with E-state index in [9.17, 15) is 14.4 Å². The third-order valence-electron chi connectivity index (χ3n) is 1.88. The molecule has 6 heteroatoms. The lowest BCUT2D eigenvalue weighted by Crippen LogP contribution is -2.33. The van der Waals surface area contributed by atoms with E-state index in [1.54, 1.807) is 18.2 Å². The first kappa shape index (κ1) is 10.9. The Hall–Kier alpha value is -2.63. The third kappa shape index (κ3) is 2.49. The topological polar surface area (TPSA) is 72.9 Å². The number of para-hydroxylation sites is 1. The smallest absolute Gasteiger partial charge is 0.393 e. The van der Waals surface area contributed by atoms with Crippen LogP contribution in [0.4, 0.5) is 4.79 Å². The van der Waals surface area contributed by atoms with Gasteiger partial charge in [-0.3, -0.25) is 14.4 Å². The number of hydrogen-bond acceptors (Lipinski definition) is 5. The molecule has 0 N–H and O–H groups in total. The van der Waals surface area contributed by atoms with Gasteiger partial charge in [-0.25, -0.2) is 4.79 Å². The Morgan fingerprint density at radius 2 is 1.59 bits per heavy atom. The summed E-state index contributed by atoms with van der Waals surface area (Å²) < 4.78 is 4.74. The van der Waals surface area contributed by atoms with Crippen molar-refractivity contribution >= 4 is 18.0 Å². The Balaban J connectivity index is 1.94. The first-order chi connectivity index (χ1) is 8.16. The largest absolute Gasteiger partial charge is 0.539 e. The molecular weight excluding hydrogens is 226 g/mol. The number of hydroxylamine groups is 2. The van der Waals surface area contributed by atoms with E-state index in [1.165, 1.54) is 12.1 Å². The standard InChI is InChI=1S/C11H7NO5/c13-9-6-7-10(14)12(9)17-11(15)16-8-4-2-1-3-5-8/h1-7H. The molecule has 0 fully saturated rings. The van der Waals surface area contributed by atoms with Crippen LogP contribution in [0.25, 0.3) is 0 Å². The molecule has 1 heterocycles. The SMILES string of the molecule is O=C(Oc1ccccc1)ON1C(=O)C=CC1=O. The van der Waals surface area contributed by atoms with Crippen LogP contribution in [-0.4, -0.2) is 23.0 Å². The number of benzene rings is 1. The predicted molar refractivity (Wildman–Crippen MR) is 54.5 cm³/mol. The Bertz CT molecular complexity index is 476. The fourth-order valence-electron chi connectivity index (χ4n) is 1.15. The molecule has 0 atom stereocenters. The second-order valence-corrected chi connectivity index (χ2v) is 3.06. The van der Waals surface area contributed by atoms with Crippen molar-refractivity contribution in [3.63, 3.8) is 0 Å². The van der Waals surface area contributed by atoms with Crippen LogP contribution in [0.2, 0.25) is 0 Å². The van der Waals surface area contributed by atoms with Crippen LogP contribution >= 0.6 is 0 Å². The van der Waals surface area contributed by atoms with Gasteiger partial charge in [-0.05, 0) is 12.1 Å². The molecule has 1 aromatic carbocycles. The molecule has 0 radical (unpaired) electrons. The lowest BCUT2D eigenvalue weighted by Gasteiger charge is -2.11. The van der Waals surface area contributed by atoms with Crippen molar-refractivity contribution in [2.45, 2.75) is 0 Å². The Morgan fingerprint density at radius 3 is 2.18 bits per heavy atom. The molecule has 0 saturated heterocycles. The van der Waals surface area contributed by atoms with Gasteiger partial charge in [0.1, 0.15) is 5.75 Å². The van der Waals surface area contributed by atoms with Crippen molar-refractivity contribution in [3.05, 3.63) is 42.5 Å². The second-order valence-electron chi connectivity index (χ2n) is 3.06. The van der Waals surface area contributed by atoms with Gasteiger partial charge in [0.25, 0.3) is 11.8 Å². The quantitative estimate of drug-likeness (QED) is 0.433. The molecule has 1 aliphatic rings. The average molecular weight is 233 g/mol. The highest BCUT2D eigenvalue weighted by Gasteiger charge is 2.28. The van der Waals surface area contributed by atoms with E-state index in [0.29, 0.717) is 5.06 Å². The number of ether oxygens (including phenoxy) is 1. The monoisotopic (exact) mass is 233 g/mol. The molecule has 1 aromatic rings. The number of imide groups is 1. The van der Waals surface area contributed by atoms with E-state index in [-0.39, 0.29) is 5.75 Å². The number of hydrogen-bond donors (Lipinski definition) is 0. The minimum Gasteiger partial charge on any atom is -0.393 e. The first-order valence-electron chi connectivity index (χ1n) is 4.68. The highest BCUT2D eigenvalue weighted by Crippen LogP contribution is 2.11. The highest BCUT2D eigenvalue weighted by atomic mass is 16.8. The van der Waals surface area contributed by atoms with E-state index < -0.39 is 18.0 Å². The summed E-state index contributed by atoms with van der Waals surface area (Å²) in [5.74, 6) is -1.19. The van der Waals surface area contributed by atoms with Crippen LogP contribution in [0, 0.1) is 0 Å². The summed E-state index contributed by atoms with van der Waals surface area (Å²) in [6, 6.07) is 8.14. The summed E-state index contributed by atoms with van der Waals surface area (Å²) >= 11 is 0.